The molecule has 0 aliphatic carbocycles. The highest BCUT2D eigenvalue weighted by Gasteiger charge is 2.33. The van der Waals surface area contributed by atoms with Gasteiger partial charge in [-0.25, -0.2) is 0 Å². The molecule has 4 heteroatoms. The van der Waals surface area contributed by atoms with Gasteiger partial charge in [-0.15, -0.1) is 0 Å². The maximum atomic E-state index is 12.1. The molecule has 4 nitrogen and oxygen atoms in total. The van der Waals surface area contributed by atoms with Crippen molar-refractivity contribution >= 4 is 5.91 Å². The maximum Gasteiger partial charge on any atom is 0.223 e. The SMILES string of the molecule is CC(C)NCCCC(=O)N1CCOCC1(C)C. The van der Waals surface area contributed by atoms with Crippen LogP contribution in [0.4, 0.5) is 0 Å². The van der Waals surface area contributed by atoms with Gasteiger partial charge in [-0.1, -0.05) is 13.8 Å². The van der Waals surface area contributed by atoms with Crippen molar-refractivity contribution in [3.05, 3.63) is 0 Å². The summed E-state index contributed by atoms with van der Waals surface area (Å²) in [5.74, 6) is 0.254. The molecule has 0 spiro atoms. The van der Waals surface area contributed by atoms with Gasteiger partial charge in [0, 0.05) is 19.0 Å². The molecule has 1 rings (SSSR count). The predicted molar refractivity (Wildman–Crippen MR) is 69.0 cm³/mol. The Hall–Kier alpha value is -0.610. The molecule has 1 heterocycles. The first-order valence-electron chi connectivity index (χ1n) is 6.55. The largest absolute Gasteiger partial charge is 0.377 e. The first-order valence-corrected chi connectivity index (χ1v) is 6.55. The maximum absolute atomic E-state index is 12.1. The molecule has 1 fully saturated rings. The van der Waals surface area contributed by atoms with Crippen molar-refractivity contribution in [2.45, 2.75) is 52.1 Å². The minimum Gasteiger partial charge on any atom is -0.377 e. The van der Waals surface area contributed by atoms with Gasteiger partial charge in [-0.2, -0.15) is 0 Å². The Bertz CT molecular complexity index is 252. The lowest BCUT2D eigenvalue weighted by molar-refractivity contribution is -0.146. The molecular formula is C13H26N2O2. The van der Waals surface area contributed by atoms with Crippen LogP contribution in [0.1, 0.15) is 40.5 Å². The highest BCUT2D eigenvalue weighted by molar-refractivity contribution is 5.77. The number of carbonyl (C=O) groups is 1. The molecular weight excluding hydrogens is 216 g/mol. The fourth-order valence-corrected chi connectivity index (χ4v) is 2.09. The van der Waals surface area contributed by atoms with Crippen LogP contribution in [0, 0.1) is 0 Å². The van der Waals surface area contributed by atoms with Gasteiger partial charge in [0.05, 0.1) is 18.8 Å². The second kappa shape index (κ2) is 6.36. The van der Waals surface area contributed by atoms with Crippen LogP contribution in [-0.4, -0.2) is 48.7 Å². The zero-order valence-electron chi connectivity index (χ0n) is 11.6. The lowest BCUT2D eigenvalue weighted by atomic mass is 10.0. The summed E-state index contributed by atoms with van der Waals surface area (Å²) in [6.45, 7) is 11.3. The summed E-state index contributed by atoms with van der Waals surface area (Å²) in [6.07, 6.45) is 1.54. The lowest BCUT2D eigenvalue weighted by Crippen LogP contribution is -2.55. The van der Waals surface area contributed by atoms with Gasteiger partial charge < -0.3 is 15.0 Å². The third kappa shape index (κ3) is 4.64. The summed E-state index contributed by atoms with van der Waals surface area (Å²) < 4.78 is 5.42. The molecule has 100 valence electrons. The second-order valence-electron chi connectivity index (χ2n) is 5.62. The van der Waals surface area contributed by atoms with Crippen LogP contribution in [0.2, 0.25) is 0 Å². The smallest absolute Gasteiger partial charge is 0.223 e. The van der Waals surface area contributed by atoms with Crippen molar-refractivity contribution in [1.29, 1.82) is 0 Å². The van der Waals surface area contributed by atoms with Gasteiger partial charge in [-0.3, -0.25) is 4.79 Å². The molecule has 0 unspecified atom stereocenters. The Labute approximate surface area is 105 Å². The van der Waals surface area contributed by atoms with Crippen LogP contribution < -0.4 is 5.32 Å². The number of carbonyl (C=O) groups excluding carboxylic acids is 1. The van der Waals surface area contributed by atoms with E-state index in [4.69, 9.17) is 4.74 Å². The van der Waals surface area contributed by atoms with E-state index in [1.165, 1.54) is 0 Å². The van der Waals surface area contributed by atoms with Crippen molar-refractivity contribution in [2.24, 2.45) is 0 Å². The van der Waals surface area contributed by atoms with Crippen molar-refractivity contribution in [3.8, 4) is 0 Å². The van der Waals surface area contributed by atoms with E-state index in [0.29, 0.717) is 25.7 Å². The standard InChI is InChI=1S/C13H26N2O2/c1-11(2)14-7-5-6-12(16)15-8-9-17-10-13(15,3)4/h11,14H,5-10H2,1-4H3. The molecule has 0 aromatic heterocycles. The first kappa shape index (κ1) is 14.5. The highest BCUT2D eigenvalue weighted by Crippen LogP contribution is 2.20. The van der Waals surface area contributed by atoms with Gasteiger partial charge in [0.15, 0.2) is 0 Å². The summed E-state index contributed by atoms with van der Waals surface area (Å²) >= 11 is 0. The lowest BCUT2D eigenvalue weighted by Gasteiger charge is -2.42. The fraction of sp³-hybridized carbons (Fsp3) is 0.923. The molecule has 1 N–H and O–H groups in total. The van der Waals surface area contributed by atoms with E-state index in [1.54, 1.807) is 0 Å². The third-order valence-electron chi connectivity index (χ3n) is 3.07. The van der Waals surface area contributed by atoms with Gasteiger partial charge in [0.25, 0.3) is 0 Å². The van der Waals surface area contributed by atoms with Crippen LogP contribution in [0.15, 0.2) is 0 Å². The predicted octanol–water partition coefficient (Wildman–Crippen LogP) is 1.40. The molecule has 0 atom stereocenters. The molecule has 0 radical (unpaired) electrons. The average molecular weight is 242 g/mol. The molecule has 0 bridgehead atoms. The van der Waals surface area contributed by atoms with Crippen molar-refractivity contribution in [1.82, 2.24) is 10.2 Å². The van der Waals surface area contributed by atoms with Crippen molar-refractivity contribution < 1.29 is 9.53 Å². The van der Waals surface area contributed by atoms with Crippen molar-refractivity contribution in [3.63, 3.8) is 0 Å². The van der Waals surface area contributed by atoms with Crippen LogP contribution in [0.3, 0.4) is 0 Å². The van der Waals surface area contributed by atoms with E-state index < -0.39 is 0 Å². The van der Waals surface area contributed by atoms with Gasteiger partial charge in [-0.05, 0) is 26.8 Å². The number of nitrogens with one attached hydrogen (secondary N) is 1. The van der Waals surface area contributed by atoms with E-state index in [0.717, 1.165) is 19.5 Å². The second-order valence-corrected chi connectivity index (χ2v) is 5.62. The quantitative estimate of drug-likeness (QED) is 0.741. The Morgan fingerprint density at radius 2 is 2.18 bits per heavy atom. The number of hydrogen-bond donors (Lipinski definition) is 1. The highest BCUT2D eigenvalue weighted by atomic mass is 16.5. The monoisotopic (exact) mass is 242 g/mol. The molecule has 1 amide bonds. The molecule has 1 aliphatic rings. The van der Waals surface area contributed by atoms with Gasteiger partial charge >= 0.3 is 0 Å². The number of morpholine rings is 1. The summed E-state index contributed by atoms with van der Waals surface area (Å²) in [5.41, 5.74) is -0.152. The molecule has 1 saturated heterocycles. The number of hydrogen-bond acceptors (Lipinski definition) is 3. The molecule has 0 aromatic carbocycles. The Morgan fingerprint density at radius 3 is 2.76 bits per heavy atom. The van der Waals surface area contributed by atoms with Crippen LogP contribution in [-0.2, 0) is 9.53 Å². The minimum atomic E-state index is -0.152. The number of rotatable bonds is 5. The average Bonchev–Trinajstić information content (AvgIpc) is 2.23. The molecule has 1 aliphatic heterocycles. The zero-order chi connectivity index (χ0) is 12.9. The third-order valence-corrected chi connectivity index (χ3v) is 3.07. The van der Waals surface area contributed by atoms with E-state index in [2.05, 4.69) is 33.0 Å². The molecule has 0 aromatic rings. The molecule has 17 heavy (non-hydrogen) atoms. The zero-order valence-corrected chi connectivity index (χ0v) is 11.6. The van der Waals surface area contributed by atoms with Crippen molar-refractivity contribution in [2.75, 3.05) is 26.3 Å². The van der Waals surface area contributed by atoms with E-state index in [-0.39, 0.29) is 11.4 Å². The summed E-state index contributed by atoms with van der Waals surface area (Å²) in [5, 5.41) is 3.33. The van der Waals surface area contributed by atoms with Gasteiger partial charge in [0.2, 0.25) is 5.91 Å². The van der Waals surface area contributed by atoms with Crippen LogP contribution in [0.5, 0.6) is 0 Å². The fourth-order valence-electron chi connectivity index (χ4n) is 2.09. The minimum absolute atomic E-state index is 0.152. The van der Waals surface area contributed by atoms with Crippen LogP contribution in [0.25, 0.3) is 0 Å². The van der Waals surface area contributed by atoms with E-state index >= 15 is 0 Å². The molecule has 0 saturated carbocycles. The topological polar surface area (TPSA) is 41.6 Å². The number of nitrogens with zero attached hydrogens (tertiary/aromatic N) is 1. The summed E-state index contributed by atoms with van der Waals surface area (Å²) in [4.78, 5) is 14.1. The Balaban J connectivity index is 2.31. The van der Waals surface area contributed by atoms with E-state index in [9.17, 15) is 4.79 Å². The van der Waals surface area contributed by atoms with E-state index in [1.807, 2.05) is 4.90 Å². The normalized spacial score (nSPS) is 19.7. The van der Waals surface area contributed by atoms with Crippen LogP contribution >= 0.6 is 0 Å². The number of ether oxygens (including phenoxy) is 1. The Kier molecular flexibility index (Phi) is 5.40. The van der Waals surface area contributed by atoms with Gasteiger partial charge in [0.1, 0.15) is 0 Å². The first-order chi connectivity index (χ1) is 7.93. The summed E-state index contributed by atoms with van der Waals surface area (Å²) in [7, 11) is 0. The Morgan fingerprint density at radius 1 is 1.47 bits per heavy atom. The summed E-state index contributed by atoms with van der Waals surface area (Å²) in [6, 6.07) is 0.491. The number of amides is 1.